The van der Waals surface area contributed by atoms with Gasteiger partial charge in [0.15, 0.2) is 5.96 Å². The number of aliphatic hydroxyl groups excluding tert-OH is 1. The van der Waals surface area contributed by atoms with Gasteiger partial charge in [-0.2, -0.15) is 0 Å². The van der Waals surface area contributed by atoms with Crippen LogP contribution in [0.5, 0.6) is 0 Å². The van der Waals surface area contributed by atoms with Gasteiger partial charge in [-0.3, -0.25) is 4.99 Å². The zero-order valence-electron chi connectivity index (χ0n) is 16.1. The number of nitrogens with zero attached hydrogens (tertiary/aromatic N) is 2. The van der Waals surface area contributed by atoms with Crippen molar-refractivity contribution in [3.8, 4) is 0 Å². The molecule has 0 radical (unpaired) electrons. The number of aliphatic imine (C=N–C) groups is 1. The van der Waals surface area contributed by atoms with Crippen LogP contribution in [-0.4, -0.2) is 61.8 Å². The third-order valence-electron chi connectivity index (χ3n) is 4.20. The minimum atomic E-state index is 0.257. The first kappa shape index (κ1) is 22.2. The van der Waals surface area contributed by atoms with Gasteiger partial charge >= 0.3 is 0 Å². The van der Waals surface area contributed by atoms with Crippen LogP contribution in [0.1, 0.15) is 59.8 Å². The highest BCUT2D eigenvalue weighted by molar-refractivity contribution is 5.79. The van der Waals surface area contributed by atoms with Crippen molar-refractivity contribution in [2.75, 3.05) is 39.8 Å². The molecule has 0 aromatic rings. The van der Waals surface area contributed by atoms with E-state index in [1.54, 1.807) is 0 Å². The van der Waals surface area contributed by atoms with Crippen LogP contribution in [0.2, 0.25) is 0 Å². The smallest absolute Gasteiger partial charge is 0.191 e. The molecule has 23 heavy (non-hydrogen) atoms. The van der Waals surface area contributed by atoms with Crippen LogP contribution in [0.4, 0.5) is 0 Å². The predicted octanol–water partition coefficient (Wildman–Crippen LogP) is 2.46. The fourth-order valence-corrected chi connectivity index (χ4v) is 2.43. The van der Waals surface area contributed by atoms with E-state index in [0.717, 1.165) is 57.8 Å². The summed E-state index contributed by atoms with van der Waals surface area (Å²) in [5.41, 5.74) is 0. The van der Waals surface area contributed by atoms with Gasteiger partial charge < -0.3 is 20.6 Å². The third kappa shape index (κ3) is 12.3. The minimum Gasteiger partial charge on any atom is -0.396 e. The van der Waals surface area contributed by atoms with Gasteiger partial charge in [0.1, 0.15) is 0 Å². The Balaban J connectivity index is 4.11. The van der Waals surface area contributed by atoms with Crippen molar-refractivity contribution in [1.82, 2.24) is 15.5 Å². The minimum absolute atomic E-state index is 0.257. The summed E-state index contributed by atoms with van der Waals surface area (Å²) < 4.78 is 0. The summed E-state index contributed by atoms with van der Waals surface area (Å²) >= 11 is 0. The number of rotatable bonds is 13. The van der Waals surface area contributed by atoms with Crippen LogP contribution in [0.3, 0.4) is 0 Å². The molecular formula is C18H40N4O. The molecule has 3 N–H and O–H groups in total. The fourth-order valence-electron chi connectivity index (χ4n) is 2.43. The van der Waals surface area contributed by atoms with Gasteiger partial charge in [-0.15, -0.1) is 0 Å². The van der Waals surface area contributed by atoms with Crippen LogP contribution in [0.25, 0.3) is 0 Å². The number of nitrogens with one attached hydrogen (secondary N) is 2. The summed E-state index contributed by atoms with van der Waals surface area (Å²) in [6, 6.07) is 0.615. The van der Waals surface area contributed by atoms with Crippen molar-refractivity contribution in [3.63, 3.8) is 0 Å². The summed E-state index contributed by atoms with van der Waals surface area (Å²) in [6.45, 7) is 12.8. The van der Waals surface area contributed by atoms with E-state index in [-0.39, 0.29) is 6.61 Å². The first-order valence-corrected chi connectivity index (χ1v) is 9.38. The van der Waals surface area contributed by atoms with E-state index in [1.165, 1.54) is 6.42 Å². The average Bonchev–Trinajstić information content (AvgIpc) is 2.51. The lowest BCUT2D eigenvalue weighted by Crippen LogP contribution is -2.38. The highest BCUT2D eigenvalue weighted by Gasteiger charge is 2.07. The molecule has 1 unspecified atom stereocenters. The van der Waals surface area contributed by atoms with E-state index in [0.29, 0.717) is 12.0 Å². The number of guanidine groups is 1. The maximum atomic E-state index is 9.13. The Morgan fingerprint density at radius 3 is 2.43 bits per heavy atom. The van der Waals surface area contributed by atoms with Gasteiger partial charge in [0.25, 0.3) is 0 Å². The van der Waals surface area contributed by atoms with E-state index in [1.807, 2.05) is 0 Å². The second kappa shape index (κ2) is 14.8. The highest BCUT2D eigenvalue weighted by atomic mass is 16.3. The number of hydrogen-bond acceptors (Lipinski definition) is 3. The number of aliphatic hydroxyl groups is 1. The van der Waals surface area contributed by atoms with Gasteiger partial charge in [0.2, 0.25) is 0 Å². The van der Waals surface area contributed by atoms with Crippen molar-refractivity contribution in [1.29, 1.82) is 0 Å². The monoisotopic (exact) mass is 328 g/mol. The van der Waals surface area contributed by atoms with E-state index in [9.17, 15) is 0 Å². The lowest BCUT2D eigenvalue weighted by molar-refractivity contribution is 0.253. The van der Waals surface area contributed by atoms with Crippen molar-refractivity contribution in [3.05, 3.63) is 0 Å². The molecule has 0 bridgehead atoms. The van der Waals surface area contributed by atoms with Gasteiger partial charge in [-0.25, -0.2) is 0 Å². The Kier molecular flexibility index (Phi) is 14.2. The fraction of sp³-hybridized carbons (Fsp3) is 0.944. The molecule has 0 aromatic carbocycles. The van der Waals surface area contributed by atoms with Crippen LogP contribution >= 0.6 is 0 Å². The molecule has 0 amide bonds. The Labute approximate surface area is 143 Å². The lowest BCUT2D eigenvalue weighted by atomic mass is 10.0. The molecule has 138 valence electrons. The predicted molar refractivity (Wildman–Crippen MR) is 101 cm³/mol. The zero-order valence-corrected chi connectivity index (χ0v) is 16.1. The molecule has 5 heteroatoms. The van der Waals surface area contributed by atoms with Gasteiger partial charge in [-0.05, 0) is 66.0 Å². The molecule has 5 nitrogen and oxygen atoms in total. The molecule has 1 atom stereocenters. The zero-order chi connectivity index (χ0) is 17.5. The van der Waals surface area contributed by atoms with Crippen molar-refractivity contribution < 1.29 is 5.11 Å². The molecule has 0 heterocycles. The van der Waals surface area contributed by atoms with E-state index in [2.05, 4.69) is 55.3 Å². The van der Waals surface area contributed by atoms with Crippen LogP contribution in [0, 0.1) is 5.92 Å². The Hall–Kier alpha value is -0.810. The normalized spacial score (nSPS) is 13.7. The average molecular weight is 329 g/mol. The van der Waals surface area contributed by atoms with Crippen LogP contribution in [0.15, 0.2) is 4.99 Å². The van der Waals surface area contributed by atoms with Crippen LogP contribution in [-0.2, 0) is 0 Å². The number of unbranched alkanes of at least 4 members (excludes halogenated alkanes) is 1. The third-order valence-corrected chi connectivity index (χ3v) is 4.20. The van der Waals surface area contributed by atoms with E-state index >= 15 is 0 Å². The van der Waals surface area contributed by atoms with E-state index < -0.39 is 0 Å². The molecular weight excluding hydrogens is 288 g/mol. The second-order valence-corrected chi connectivity index (χ2v) is 6.59. The molecule has 0 fully saturated rings. The molecule has 0 saturated carbocycles. The quantitative estimate of drug-likeness (QED) is 0.276. The first-order chi connectivity index (χ1) is 11.0. The lowest BCUT2D eigenvalue weighted by Gasteiger charge is -2.20. The molecule has 0 rings (SSSR count). The highest BCUT2D eigenvalue weighted by Crippen LogP contribution is 2.10. The topological polar surface area (TPSA) is 59.9 Å². The van der Waals surface area contributed by atoms with Gasteiger partial charge in [0, 0.05) is 32.3 Å². The standard InChI is InChI=1S/C18H40N4O/c1-6-10-17(11-14-23)15-21-18(19-7-2)20-12-8-9-13-22(5)16(3)4/h16-17,23H,6-15H2,1-5H3,(H2,19,20,21). The van der Waals surface area contributed by atoms with Gasteiger partial charge in [-0.1, -0.05) is 13.3 Å². The largest absolute Gasteiger partial charge is 0.396 e. The maximum absolute atomic E-state index is 9.13. The maximum Gasteiger partial charge on any atom is 0.191 e. The Morgan fingerprint density at radius 1 is 1.13 bits per heavy atom. The Morgan fingerprint density at radius 2 is 1.87 bits per heavy atom. The SMILES string of the molecule is CCCC(CCO)CN=C(NCC)NCCCCN(C)C(C)C. The first-order valence-electron chi connectivity index (χ1n) is 9.38. The summed E-state index contributed by atoms with van der Waals surface area (Å²) in [7, 11) is 2.18. The molecule has 0 spiro atoms. The molecule has 0 aliphatic carbocycles. The second-order valence-electron chi connectivity index (χ2n) is 6.59. The van der Waals surface area contributed by atoms with E-state index in [4.69, 9.17) is 5.11 Å². The molecule has 0 saturated heterocycles. The van der Waals surface area contributed by atoms with Crippen molar-refractivity contribution in [2.24, 2.45) is 10.9 Å². The Bertz CT molecular complexity index is 289. The summed E-state index contributed by atoms with van der Waals surface area (Å²) in [5.74, 6) is 1.39. The molecule has 0 aliphatic heterocycles. The summed E-state index contributed by atoms with van der Waals surface area (Å²) in [6.07, 6.45) is 5.47. The summed E-state index contributed by atoms with van der Waals surface area (Å²) in [5, 5.41) is 15.9. The van der Waals surface area contributed by atoms with Crippen molar-refractivity contribution >= 4 is 5.96 Å². The molecule has 0 aromatic heterocycles. The van der Waals surface area contributed by atoms with Crippen molar-refractivity contribution in [2.45, 2.75) is 65.8 Å². The number of hydrogen-bond donors (Lipinski definition) is 3. The summed E-state index contributed by atoms with van der Waals surface area (Å²) in [4.78, 5) is 7.06. The van der Waals surface area contributed by atoms with Crippen LogP contribution < -0.4 is 10.6 Å². The van der Waals surface area contributed by atoms with Gasteiger partial charge in [0.05, 0.1) is 0 Å². The molecule has 0 aliphatic rings.